The van der Waals surface area contributed by atoms with Gasteiger partial charge in [0.25, 0.3) is 0 Å². The molecule has 5 nitrogen and oxygen atoms in total. The highest BCUT2D eigenvalue weighted by molar-refractivity contribution is 5.91. The van der Waals surface area contributed by atoms with Crippen LogP contribution in [-0.4, -0.2) is 37.1 Å². The van der Waals surface area contributed by atoms with Crippen LogP contribution >= 0.6 is 0 Å². The van der Waals surface area contributed by atoms with Crippen molar-refractivity contribution in [2.24, 2.45) is 0 Å². The molecule has 1 heterocycles. The zero-order valence-electron chi connectivity index (χ0n) is 13.4. The third-order valence-electron chi connectivity index (χ3n) is 4.11. The van der Waals surface area contributed by atoms with E-state index in [1.807, 2.05) is 6.07 Å². The Balaban J connectivity index is 1.64. The second kappa shape index (κ2) is 7.18. The van der Waals surface area contributed by atoms with Gasteiger partial charge in [0.15, 0.2) is 0 Å². The standard InChI is InChI=1S/C18H16F2N4O/c19-14-5-3-6-15(20)17(14)23-8-10-24(11-9-23)18(25)22-16-7-2-1-4-13(16)12-21/h1-7H,8-11H2,(H,22,25). The van der Waals surface area contributed by atoms with Crippen LogP contribution in [0.5, 0.6) is 0 Å². The summed E-state index contributed by atoms with van der Waals surface area (Å²) in [6, 6.07) is 12.2. The molecule has 0 aromatic heterocycles. The van der Waals surface area contributed by atoms with Crippen molar-refractivity contribution in [2.75, 3.05) is 36.4 Å². The molecule has 2 aromatic rings. The summed E-state index contributed by atoms with van der Waals surface area (Å²) in [6.45, 7) is 1.30. The molecule has 1 aliphatic heterocycles. The van der Waals surface area contributed by atoms with Crippen LogP contribution in [0.2, 0.25) is 0 Å². The van der Waals surface area contributed by atoms with Gasteiger partial charge < -0.3 is 15.1 Å². The summed E-state index contributed by atoms with van der Waals surface area (Å²) in [7, 11) is 0. The van der Waals surface area contributed by atoms with Gasteiger partial charge in [0, 0.05) is 26.2 Å². The number of carbonyl (C=O) groups excluding carboxylic acids is 1. The normalized spacial score (nSPS) is 14.1. The number of nitrogens with one attached hydrogen (secondary N) is 1. The fourth-order valence-corrected chi connectivity index (χ4v) is 2.81. The van der Waals surface area contributed by atoms with E-state index in [1.54, 1.807) is 34.1 Å². The smallest absolute Gasteiger partial charge is 0.322 e. The van der Waals surface area contributed by atoms with E-state index in [1.165, 1.54) is 18.2 Å². The molecule has 1 N–H and O–H groups in total. The Morgan fingerprint density at radius 3 is 2.28 bits per heavy atom. The lowest BCUT2D eigenvalue weighted by molar-refractivity contribution is 0.208. The number of benzene rings is 2. The number of amides is 2. The van der Waals surface area contributed by atoms with Gasteiger partial charge in [-0.2, -0.15) is 5.26 Å². The average Bonchev–Trinajstić information content (AvgIpc) is 2.62. The molecule has 3 rings (SSSR count). The zero-order valence-corrected chi connectivity index (χ0v) is 13.4. The van der Waals surface area contributed by atoms with Crippen LogP contribution in [0.25, 0.3) is 0 Å². The van der Waals surface area contributed by atoms with Crippen LogP contribution in [0.15, 0.2) is 42.5 Å². The van der Waals surface area contributed by atoms with Gasteiger partial charge in [-0.3, -0.25) is 0 Å². The largest absolute Gasteiger partial charge is 0.363 e. The first-order chi connectivity index (χ1) is 12.1. The molecule has 0 radical (unpaired) electrons. The van der Waals surface area contributed by atoms with Crippen molar-refractivity contribution in [1.82, 2.24) is 4.90 Å². The maximum atomic E-state index is 13.9. The Bertz CT molecular complexity index is 806. The van der Waals surface area contributed by atoms with E-state index in [4.69, 9.17) is 5.26 Å². The van der Waals surface area contributed by atoms with E-state index in [2.05, 4.69) is 5.32 Å². The van der Waals surface area contributed by atoms with Gasteiger partial charge >= 0.3 is 6.03 Å². The Labute approximate surface area is 144 Å². The van der Waals surface area contributed by atoms with Crippen molar-refractivity contribution in [2.45, 2.75) is 0 Å². The van der Waals surface area contributed by atoms with Crippen molar-refractivity contribution >= 4 is 17.4 Å². The maximum Gasteiger partial charge on any atom is 0.322 e. The highest BCUT2D eigenvalue weighted by atomic mass is 19.1. The van der Waals surface area contributed by atoms with Gasteiger partial charge in [-0.1, -0.05) is 18.2 Å². The van der Waals surface area contributed by atoms with Crippen LogP contribution in [0.4, 0.5) is 25.0 Å². The summed E-state index contributed by atoms with van der Waals surface area (Å²) in [5.41, 5.74) is 0.762. The van der Waals surface area contributed by atoms with E-state index in [-0.39, 0.29) is 11.7 Å². The molecule has 0 aliphatic carbocycles. The van der Waals surface area contributed by atoms with Crippen molar-refractivity contribution < 1.29 is 13.6 Å². The van der Waals surface area contributed by atoms with E-state index >= 15 is 0 Å². The molecule has 1 fully saturated rings. The summed E-state index contributed by atoms with van der Waals surface area (Å²) in [5.74, 6) is -1.22. The minimum absolute atomic E-state index is 0.0580. The number of halogens is 2. The van der Waals surface area contributed by atoms with Crippen molar-refractivity contribution in [3.05, 3.63) is 59.7 Å². The quantitative estimate of drug-likeness (QED) is 0.912. The Morgan fingerprint density at radius 1 is 1.00 bits per heavy atom. The molecule has 7 heteroatoms. The number of hydrogen-bond acceptors (Lipinski definition) is 3. The van der Waals surface area contributed by atoms with E-state index in [0.29, 0.717) is 37.4 Å². The zero-order chi connectivity index (χ0) is 17.8. The third-order valence-corrected chi connectivity index (χ3v) is 4.11. The molecular weight excluding hydrogens is 326 g/mol. The van der Waals surface area contributed by atoms with Crippen molar-refractivity contribution in [3.8, 4) is 6.07 Å². The maximum absolute atomic E-state index is 13.9. The van der Waals surface area contributed by atoms with Gasteiger partial charge in [-0.05, 0) is 24.3 Å². The lowest BCUT2D eigenvalue weighted by Gasteiger charge is -2.36. The summed E-state index contributed by atoms with van der Waals surface area (Å²) in [6.07, 6.45) is 0. The molecule has 1 saturated heterocycles. The number of carbonyl (C=O) groups is 1. The van der Waals surface area contributed by atoms with Gasteiger partial charge in [-0.25, -0.2) is 13.6 Å². The van der Waals surface area contributed by atoms with Gasteiger partial charge in [-0.15, -0.1) is 0 Å². The topological polar surface area (TPSA) is 59.4 Å². The lowest BCUT2D eigenvalue weighted by Crippen LogP contribution is -2.50. The van der Waals surface area contributed by atoms with Crippen LogP contribution in [0.3, 0.4) is 0 Å². The molecule has 0 atom stereocenters. The van der Waals surface area contributed by atoms with Crippen LogP contribution in [0, 0.1) is 23.0 Å². The fourth-order valence-electron chi connectivity index (χ4n) is 2.81. The summed E-state index contributed by atoms with van der Waals surface area (Å²) < 4.78 is 27.7. The molecule has 0 saturated carbocycles. The molecule has 128 valence electrons. The summed E-state index contributed by atoms with van der Waals surface area (Å²) in [5, 5.41) is 11.8. The van der Waals surface area contributed by atoms with Gasteiger partial charge in [0.05, 0.1) is 11.3 Å². The Hall–Kier alpha value is -3.14. The molecule has 1 aliphatic rings. The van der Waals surface area contributed by atoms with Gasteiger partial charge in [0.1, 0.15) is 23.4 Å². The number of para-hydroxylation sites is 2. The number of anilines is 2. The number of urea groups is 1. The first kappa shape index (κ1) is 16.7. The lowest BCUT2D eigenvalue weighted by atomic mass is 10.2. The SMILES string of the molecule is N#Cc1ccccc1NC(=O)N1CCN(c2c(F)cccc2F)CC1. The first-order valence-electron chi connectivity index (χ1n) is 7.84. The second-order valence-corrected chi connectivity index (χ2v) is 5.63. The minimum atomic E-state index is -0.610. The Morgan fingerprint density at radius 2 is 1.64 bits per heavy atom. The van der Waals surface area contributed by atoms with E-state index < -0.39 is 11.6 Å². The molecule has 25 heavy (non-hydrogen) atoms. The fraction of sp³-hybridized carbons (Fsp3) is 0.222. The molecule has 0 unspecified atom stereocenters. The minimum Gasteiger partial charge on any atom is -0.363 e. The van der Waals surface area contributed by atoms with Crippen molar-refractivity contribution in [3.63, 3.8) is 0 Å². The summed E-state index contributed by atoms with van der Waals surface area (Å²) >= 11 is 0. The first-order valence-corrected chi connectivity index (χ1v) is 7.84. The predicted octanol–water partition coefficient (Wildman–Crippen LogP) is 3.19. The van der Waals surface area contributed by atoms with Crippen LogP contribution in [0.1, 0.15) is 5.56 Å². The predicted molar refractivity (Wildman–Crippen MR) is 90.3 cm³/mol. The summed E-state index contributed by atoms with van der Waals surface area (Å²) in [4.78, 5) is 15.5. The average molecular weight is 342 g/mol. The molecule has 2 amide bonds. The van der Waals surface area contributed by atoms with E-state index in [9.17, 15) is 13.6 Å². The number of piperazine rings is 1. The highest BCUT2D eigenvalue weighted by Crippen LogP contribution is 2.24. The number of nitrogens with zero attached hydrogens (tertiary/aromatic N) is 3. The Kier molecular flexibility index (Phi) is 4.80. The third kappa shape index (κ3) is 3.53. The number of rotatable bonds is 2. The van der Waals surface area contributed by atoms with Crippen LogP contribution < -0.4 is 10.2 Å². The molecule has 0 bridgehead atoms. The molecular formula is C18H16F2N4O. The number of nitriles is 1. The molecule has 0 spiro atoms. The van der Waals surface area contributed by atoms with Crippen LogP contribution in [-0.2, 0) is 0 Å². The highest BCUT2D eigenvalue weighted by Gasteiger charge is 2.25. The second-order valence-electron chi connectivity index (χ2n) is 5.63. The monoisotopic (exact) mass is 342 g/mol. The molecule has 2 aromatic carbocycles. The van der Waals surface area contributed by atoms with Crippen molar-refractivity contribution in [1.29, 1.82) is 5.26 Å². The van der Waals surface area contributed by atoms with E-state index in [0.717, 1.165) is 0 Å². The number of hydrogen-bond donors (Lipinski definition) is 1. The van der Waals surface area contributed by atoms with Gasteiger partial charge in [0.2, 0.25) is 0 Å².